The van der Waals surface area contributed by atoms with Gasteiger partial charge in [-0.3, -0.25) is 9.59 Å². The molecule has 0 radical (unpaired) electrons. The fraction of sp³-hybridized carbons (Fsp3) is 0.529. The molecule has 0 heterocycles. The van der Waals surface area contributed by atoms with Crippen molar-refractivity contribution in [3.05, 3.63) is 30.1 Å². The predicted octanol–water partition coefficient (Wildman–Crippen LogP) is 2.60. The van der Waals surface area contributed by atoms with Crippen LogP contribution in [0.2, 0.25) is 0 Å². The number of aliphatic carboxylic acids is 1. The minimum atomic E-state index is -0.807. The van der Waals surface area contributed by atoms with E-state index in [9.17, 15) is 14.0 Å². The van der Waals surface area contributed by atoms with Gasteiger partial charge in [0.2, 0.25) is 5.91 Å². The van der Waals surface area contributed by atoms with Crippen LogP contribution in [-0.4, -0.2) is 30.1 Å². The Hall–Kier alpha value is -2.11. The van der Waals surface area contributed by atoms with Gasteiger partial charge in [0.05, 0.1) is 12.5 Å². The van der Waals surface area contributed by atoms with E-state index in [0.29, 0.717) is 38.2 Å². The summed E-state index contributed by atoms with van der Waals surface area (Å²) in [4.78, 5) is 22.8. The quantitative estimate of drug-likeness (QED) is 0.721. The molecule has 0 bridgehead atoms. The summed E-state index contributed by atoms with van der Waals surface area (Å²) in [6.45, 7) is 1.06. The summed E-state index contributed by atoms with van der Waals surface area (Å²) >= 11 is 0. The van der Waals surface area contributed by atoms with Gasteiger partial charge in [0.25, 0.3) is 0 Å². The van der Waals surface area contributed by atoms with Gasteiger partial charge in [-0.05, 0) is 56.4 Å². The van der Waals surface area contributed by atoms with Crippen LogP contribution < -0.4 is 10.1 Å². The summed E-state index contributed by atoms with van der Waals surface area (Å²) in [5.74, 6) is -1.08. The van der Waals surface area contributed by atoms with Gasteiger partial charge in [-0.2, -0.15) is 0 Å². The van der Waals surface area contributed by atoms with Crippen molar-refractivity contribution in [3.8, 4) is 5.75 Å². The minimum absolute atomic E-state index is 0.0480. The first kappa shape index (κ1) is 17.2. The average Bonchev–Trinajstić information content (AvgIpc) is 3.02. The van der Waals surface area contributed by atoms with Crippen LogP contribution in [0.4, 0.5) is 4.39 Å². The second kappa shape index (κ2) is 8.50. The van der Waals surface area contributed by atoms with E-state index in [4.69, 9.17) is 9.84 Å². The number of carbonyl (C=O) groups is 2. The number of carboxylic acid groups (broad SMARTS) is 1. The number of benzene rings is 1. The van der Waals surface area contributed by atoms with E-state index in [1.807, 2.05) is 0 Å². The number of ether oxygens (including phenoxy) is 1. The Balaban J connectivity index is 1.54. The third-order valence-corrected chi connectivity index (χ3v) is 4.11. The van der Waals surface area contributed by atoms with Crippen molar-refractivity contribution in [1.29, 1.82) is 0 Å². The fourth-order valence-electron chi connectivity index (χ4n) is 2.75. The molecule has 1 amide bonds. The van der Waals surface area contributed by atoms with Crippen molar-refractivity contribution in [1.82, 2.24) is 5.32 Å². The molecule has 1 aliphatic rings. The third kappa shape index (κ3) is 5.54. The average molecular weight is 323 g/mol. The summed E-state index contributed by atoms with van der Waals surface area (Å²) in [7, 11) is 0. The zero-order chi connectivity index (χ0) is 16.7. The second-order valence-electron chi connectivity index (χ2n) is 5.85. The molecule has 1 fully saturated rings. The number of carbonyl (C=O) groups excluding carboxylic acids is 1. The molecule has 0 saturated heterocycles. The van der Waals surface area contributed by atoms with E-state index in [1.54, 1.807) is 12.1 Å². The molecule has 0 spiro atoms. The Kier molecular flexibility index (Phi) is 6.38. The number of unbranched alkanes of at least 4 members (excludes halogenated alkanes) is 1. The van der Waals surface area contributed by atoms with Crippen LogP contribution in [-0.2, 0) is 9.59 Å². The molecule has 0 aromatic heterocycles. The predicted molar refractivity (Wildman–Crippen MR) is 82.6 cm³/mol. The van der Waals surface area contributed by atoms with E-state index < -0.39 is 5.97 Å². The molecule has 126 valence electrons. The van der Waals surface area contributed by atoms with Crippen LogP contribution >= 0.6 is 0 Å². The van der Waals surface area contributed by atoms with Crippen molar-refractivity contribution in [2.75, 3.05) is 13.2 Å². The zero-order valence-corrected chi connectivity index (χ0v) is 13.0. The highest BCUT2D eigenvalue weighted by Crippen LogP contribution is 2.31. The molecule has 0 unspecified atom stereocenters. The van der Waals surface area contributed by atoms with Gasteiger partial charge in [0.1, 0.15) is 11.6 Å². The van der Waals surface area contributed by atoms with Gasteiger partial charge in [0.15, 0.2) is 0 Å². The first-order valence-electron chi connectivity index (χ1n) is 7.95. The number of nitrogens with one attached hydrogen (secondary N) is 1. The smallest absolute Gasteiger partial charge is 0.306 e. The molecular formula is C17H22FNO4. The molecule has 1 aromatic rings. The maximum atomic E-state index is 12.7. The lowest BCUT2D eigenvalue weighted by atomic mass is 10.0. The van der Waals surface area contributed by atoms with Crippen molar-refractivity contribution >= 4 is 11.9 Å². The monoisotopic (exact) mass is 323 g/mol. The molecule has 1 saturated carbocycles. The van der Waals surface area contributed by atoms with Crippen molar-refractivity contribution in [2.24, 2.45) is 11.8 Å². The Morgan fingerprint density at radius 1 is 1.17 bits per heavy atom. The summed E-state index contributed by atoms with van der Waals surface area (Å²) in [5, 5.41) is 11.8. The van der Waals surface area contributed by atoms with Crippen LogP contribution in [0.3, 0.4) is 0 Å². The first-order valence-corrected chi connectivity index (χ1v) is 7.95. The third-order valence-electron chi connectivity index (χ3n) is 4.11. The minimum Gasteiger partial charge on any atom is -0.494 e. The van der Waals surface area contributed by atoms with Gasteiger partial charge in [-0.15, -0.1) is 0 Å². The maximum absolute atomic E-state index is 12.7. The van der Waals surface area contributed by atoms with E-state index in [2.05, 4.69) is 5.32 Å². The van der Waals surface area contributed by atoms with Gasteiger partial charge in [0, 0.05) is 12.5 Å². The molecule has 2 atom stereocenters. The Labute approximate surface area is 134 Å². The topological polar surface area (TPSA) is 75.6 Å². The highest BCUT2D eigenvalue weighted by molar-refractivity contribution is 5.80. The number of rotatable bonds is 8. The van der Waals surface area contributed by atoms with Crippen molar-refractivity contribution < 1.29 is 23.8 Å². The van der Waals surface area contributed by atoms with Gasteiger partial charge in [-0.25, -0.2) is 4.39 Å². The number of carboxylic acids is 1. The molecule has 0 aliphatic heterocycles. The zero-order valence-electron chi connectivity index (χ0n) is 13.0. The van der Waals surface area contributed by atoms with E-state index in [1.165, 1.54) is 12.1 Å². The molecular weight excluding hydrogens is 301 g/mol. The second-order valence-corrected chi connectivity index (χ2v) is 5.85. The molecule has 2 N–H and O–H groups in total. The Morgan fingerprint density at radius 2 is 1.87 bits per heavy atom. The summed E-state index contributed by atoms with van der Waals surface area (Å²) in [6.07, 6.45) is 3.23. The number of halogens is 1. The number of hydrogen-bond donors (Lipinski definition) is 2. The summed E-state index contributed by atoms with van der Waals surface area (Å²) < 4.78 is 18.2. The van der Waals surface area contributed by atoms with Gasteiger partial charge in [-0.1, -0.05) is 0 Å². The van der Waals surface area contributed by atoms with Crippen LogP contribution in [0.25, 0.3) is 0 Å². The van der Waals surface area contributed by atoms with E-state index in [-0.39, 0.29) is 23.6 Å². The Bertz CT molecular complexity index is 532. The van der Waals surface area contributed by atoms with Crippen molar-refractivity contribution in [2.45, 2.75) is 32.1 Å². The molecule has 5 nitrogen and oxygen atoms in total. The van der Waals surface area contributed by atoms with Gasteiger partial charge < -0.3 is 15.2 Å². The number of hydrogen-bond acceptors (Lipinski definition) is 3. The largest absolute Gasteiger partial charge is 0.494 e. The SMILES string of the molecule is O=C(O)[C@@H]1CC[C@H](C(=O)NCCCCOc2ccc(F)cc2)C1. The van der Waals surface area contributed by atoms with Crippen LogP contribution in [0, 0.1) is 17.7 Å². The molecule has 23 heavy (non-hydrogen) atoms. The van der Waals surface area contributed by atoms with Crippen LogP contribution in [0.5, 0.6) is 5.75 Å². The van der Waals surface area contributed by atoms with Crippen LogP contribution in [0.15, 0.2) is 24.3 Å². The summed E-state index contributed by atoms with van der Waals surface area (Å²) in [6, 6.07) is 5.86. The highest BCUT2D eigenvalue weighted by Gasteiger charge is 2.33. The van der Waals surface area contributed by atoms with Gasteiger partial charge >= 0.3 is 5.97 Å². The van der Waals surface area contributed by atoms with E-state index in [0.717, 1.165) is 12.8 Å². The lowest BCUT2D eigenvalue weighted by molar-refractivity contribution is -0.141. The maximum Gasteiger partial charge on any atom is 0.306 e. The fourth-order valence-corrected chi connectivity index (χ4v) is 2.75. The molecule has 1 aromatic carbocycles. The molecule has 2 rings (SSSR count). The lowest BCUT2D eigenvalue weighted by Crippen LogP contribution is -2.30. The van der Waals surface area contributed by atoms with E-state index >= 15 is 0 Å². The normalized spacial score (nSPS) is 20.2. The molecule has 1 aliphatic carbocycles. The standard InChI is InChI=1S/C17H22FNO4/c18-14-5-7-15(8-6-14)23-10-2-1-9-19-16(20)12-3-4-13(11-12)17(21)22/h5-8,12-13H,1-4,9-11H2,(H,19,20)(H,21,22)/t12-,13+/m0/s1. The van der Waals surface area contributed by atoms with Crippen LogP contribution in [0.1, 0.15) is 32.1 Å². The first-order chi connectivity index (χ1) is 11.1. The lowest BCUT2D eigenvalue weighted by Gasteiger charge is -2.11. The highest BCUT2D eigenvalue weighted by atomic mass is 19.1. The number of amides is 1. The summed E-state index contributed by atoms with van der Waals surface area (Å²) in [5.41, 5.74) is 0. The molecule has 6 heteroatoms. The van der Waals surface area contributed by atoms with Crippen molar-refractivity contribution in [3.63, 3.8) is 0 Å². The Morgan fingerprint density at radius 3 is 2.52 bits per heavy atom.